The third-order valence-corrected chi connectivity index (χ3v) is 3.43. The van der Waals surface area contributed by atoms with Crippen molar-refractivity contribution in [3.8, 4) is 5.75 Å². The monoisotopic (exact) mass is 248 g/mol. The van der Waals surface area contributed by atoms with Gasteiger partial charge in [0.05, 0.1) is 12.3 Å². The Hall–Kier alpha value is -1.55. The van der Waals surface area contributed by atoms with Crippen LogP contribution in [-0.4, -0.2) is 11.6 Å². The lowest BCUT2D eigenvalue weighted by Gasteiger charge is -2.05. The molecule has 0 aliphatic heterocycles. The fourth-order valence-electron chi connectivity index (χ4n) is 1.45. The van der Waals surface area contributed by atoms with E-state index in [0.717, 1.165) is 22.3 Å². The second-order valence-electron chi connectivity index (χ2n) is 3.74. The molecule has 0 atom stereocenters. The van der Waals surface area contributed by atoms with E-state index in [1.165, 1.54) is 4.88 Å². The van der Waals surface area contributed by atoms with E-state index in [4.69, 9.17) is 4.74 Å². The lowest BCUT2D eigenvalue weighted by molar-refractivity contribution is 0.340. The summed E-state index contributed by atoms with van der Waals surface area (Å²) in [6.45, 7) is 6.77. The number of ether oxygens (including phenoxy) is 1. The molecule has 0 aliphatic rings. The van der Waals surface area contributed by atoms with Gasteiger partial charge in [-0.3, -0.25) is 0 Å². The molecule has 0 saturated carbocycles. The average Bonchev–Trinajstić information content (AvgIpc) is 2.61. The molecule has 0 fully saturated rings. The highest BCUT2D eigenvalue weighted by Crippen LogP contribution is 2.25. The number of benzene rings is 1. The van der Waals surface area contributed by atoms with E-state index in [1.54, 1.807) is 11.3 Å². The second kappa shape index (κ2) is 5.19. The summed E-state index contributed by atoms with van der Waals surface area (Å²) in [5, 5.41) is 4.22. The largest absolute Gasteiger partial charge is 0.494 e. The zero-order chi connectivity index (χ0) is 12.3. The van der Waals surface area contributed by atoms with Gasteiger partial charge in [-0.1, -0.05) is 0 Å². The van der Waals surface area contributed by atoms with Crippen LogP contribution in [0.2, 0.25) is 0 Å². The van der Waals surface area contributed by atoms with Gasteiger partial charge >= 0.3 is 0 Å². The third kappa shape index (κ3) is 2.97. The molecular weight excluding hydrogens is 232 g/mol. The van der Waals surface area contributed by atoms with E-state index in [9.17, 15) is 0 Å². The highest BCUT2D eigenvalue weighted by atomic mass is 32.1. The quantitative estimate of drug-likeness (QED) is 0.891. The van der Waals surface area contributed by atoms with Crippen LogP contribution in [0.25, 0.3) is 0 Å². The van der Waals surface area contributed by atoms with Crippen molar-refractivity contribution in [1.82, 2.24) is 4.98 Å². The summed E-state index contributed by atoms with van der Waals surface area (Å²) in [7, 11) is 0. The molecule has 4 heteroatoms. The number of nitrogens with zero attached hydrogens (tertiary/aromatic N) is 1. The number of nitrogens with one attached hydrogen (secondary N) is 1. The Kier molecular flexibility index (Phi) is 3.64. The highest BCUT2D eigenvalue weighted by Gasteiger charge is 2.03. The van der Waals surface area contributed by atoms with Crippen LogP contribution in [0.1, 0.15) is 17.5 Å². The zero-order valence-electron chi connectivity index (χ0n) is 10.3. The maximum absolute atomic E-state index is 5.39. The summed E-state index contributed by atoms with van der Waals surface area (Å²) in [5.41, 5.74) is 2.12. The fraction of sp³-hybridized carbons (Fsp3) is 0.308. The van der Waals surface area contributed by atoms with E-state index < -0.39 is 0 Å². The van der Waals surface area contributed by atoms with Gasteiger partial charge in [0.2, 0.25) is 0 Å². The average molecular weight is 248 g/mol. The minimum atomic E-state index is 0.692. The molecule has 0 amide bonds. The van der Waals surface area contributed by atoms with Crippen LogP contribution < -0.4 is 10.1 Å². The molecule has 3 nitrogen and oxygen atoms in total. The van der Waals surface area contributed by atoms with Gasteiger partial charge in [-0.05, 0) is 45.0 Å². The number of hydrogen-bond acceptors (Lipinski definition) is 4. The van der Waals surface area contributed by atoms with Crippen LogP contribution in [0.15, 0.2) is 24.3 Å². The zero-order valence-corrected chi connectivity index (χ0v) is 11.1. The summed E-state index contributed by atoms with van der Waals surface area (Å²) in [6, 6.07) is 7.91. The molecule has 0 radical (unpaired) electrons. The molecule has 0 unspecified atom stereocenters. The normalized spacial score (nSPS) is 10.3. The molecule has 1 aromatic carbocycles. The molecule has 0 aliphatic carbocycles. The molecule has 90 valence electrons. The van der Waals surface area contributed by atoms with Gasteiger partial charge in [0.15, 0.2) is 5.13 Å². The van der Waals surface area contributed by atoms with Gasteiger partial charge in [0, 0.05) is 10.6 Å². The SMILES string of the molecule is CCOc1ccc(Nc2nc(C)c(C)s2)cc1. The van der Waals surface area contributed by atoms with Crippen molar-refractivity contribution >= 4 is 22.2 Å². The molecule has 2 aromatic rings. The van der Waals surface area contributed by atoms with Crippen molar-refractivity contribution in [2.75, 3.05) is 11.9 Å². The van der Waals surface area contributed by atoms with Gasteiger partial charge in [-0.2, -0.15) is 0 Å². The van der Waals surface area contributed by atoms with Gasteiger partial charge in [-0.15, -0.1) is 11.3 Å². The molecule has 0 bridgehead atoms. The first kappa shape index (κ1) is 11.9. The maximum atomic E-state index is 5.39. The summed E-state index contributed by atoms with van der Waals surface area (Å²) in [4.78, 5) is 5.69. The van der Waals surface area contributed by atoms with Gasteiger partial charge in [0.1, 0.15) is 5.75 Å². The molecule has 0 spiro atoms. The van der Waals surface area contributed by atoms with E-state index in [2.05, 4.69) is 17.2 Å². The van der Waals surface area contributed by atoms with Crippen molar-refractivity contribution in [1.29, 1.82) is 0 Å². The Morgan fingerprint density at radius 3 is 2.47 bits per heavy atom. The minimum Gasteiger partial charge on any atom is -0.494 e. The maximum Gasteiger partial charge on any atom is 0.187 e. The Morgan fingerprint density at radius 2 is 1.94 bits per heavy atom. The molecule has 17 heavy (non-hydrogen) atoms. The Morgan fingerprint density at radius 1 is 1.24 bits per heavy atom. The van der Waals surface area contributed by atoms with Crippen LogP contribution in [0.3, 0.4) is 0 Å². The van der Waals surface area contributed by atoms with E-state index in [0.29, 0.717) is 6.61 Å². The first-order valence-electron chi connectivity index (χ1n) is 5.63. The summed E-state index contributed by atoms with van der Waals surface area (Å²) in [6.07, 6.45) is 0. The number of aromatic nitrogens is 1. The van der Waals surface area contributed by atoms with Crippen LogP contribution in [0.4, 0.5) is 10.8 Å². The molecular formula is C13H16N2OS. The summed E-state index contributed by atoms with van der Waals surface area (Å²) < 4.78 is 5.39. The first-order chi connectivity index (χ1) is 8.19. The van der Waals surface area contributed by atoms with Crippen molar-refractivity contribution in [2.24, 2.45) is 0 Å². The van der Waals surface area contributed by atoms with Crippen LogP contribution in [0, 0.1) is 13.8 Å². The summed E-state index contributed by atoms with van der Waals surface area (Å²) >= 11 is 1.67. The molecule has 0 saturated heterocycles. The second-order valence-corrected chi connectivity index (χ2v) is 4.95. The Bertz CT molecular complexity index is 471. The third-order valence-electron chi connectivity index (χ3n) is 2.45. The van der Waals surface area contributed by atoms with Crippen molar-refractivity contribution in [3.05, 3.63) is 34.8 Å². The predicted molar refractivity (Wildman–Crippen MR) is 72.5 cm³/mol. The van der Waals surface area contributed by atoms with Crippen molar-refractivity contribution in [2.45, 2.75) is 20.8 Å². The van der Waals surface area contributed by atoms with Crippen molar-refractivity contribution < 1.29 is 4.74 Å². The predicted octanol–water partition coefficient (Wildman–Crippen LogP) is 3.90. The van der Waals surface area contributed by atoms with E-state index in [1.807, 2.05) is 38.1 Å². The topological polar surface area (TPSA) is 34.1 Å². The van der Waals surface area contributed by atoms with Gasteiger partial charge in [0.25, 0.3) is 0 Å². The minimum absolute atomic E-state index is 0.692. The molecule has 1 aromatic heterocycles. The molecule has 1 N–H and O–H groups in total. The van der Waals surface area contributed by atoms with E-state index >= 15 is 0 Å². The van der Waals surface area contributed by atoms with Crippen molar-refractivity contribution in [3.63, 3.8) is 0 Å². The number of hydrogen-bond donors (Lipinski definition) is 1. The van der Waals surface area contributed by atoms with Gasteiger partial charge < -0.3 is 10.1 Å². The first-order valence-corrected chi connectivity index (χ1v) is 6.44. The number of aryl methyl sites for hydroxylation is 2. The summed E-state index contributed by atoms with van der Waals surface area (Å²) in [5.74, 6) is 0.893. The Labute approximate surface area is 105 Å². The number of rotatable bonds is 4. The Balaban J connectivity index is 2.08. The molecule has 2 rings (SSSR count). The standard InChI is InChI=1S/C13H16N2OS/c1-4-16-12-7-5-11(6-8-12)15-13-14-9(2)10(3)17-13/h5-8H,4H2,1-3H3,(H,14,15). The van der Waals surface area contributed by atoms with E-state index in [-0.39, 0.29) is 0 Å². The number of thiazole rings is 1. The lowest BCUT2D eigenvalue weighted by Crippen LogP contribution is -1.92. The fourth-order valence-corrected chi connectivity index (χ4v) is 2.29. The van der Waals surface area contributed by atoms with Crippen LogP contribution in [-0.2, 0) is 0 Å². The molecule has 1 heterocycles. The lowest BCUT2D eigenvalue weighted by atomic mass is 10.3. The smallest absolute Gasteiger partial charge is 0.187 e. The van der Waals surface area contributed by atoms with Crippen LogP contribution in [0.5, 0.6) is 5.75 Å². The number of anilines is 2. The van der Waals surface area contributed by atoms with Crippen LogP contribution >= 0.6 is 11.3 Å². The van der Waals surface area contributed by atoms with Gasteiger partial charge in [-0.25, -0.2) is 4.98 Å². The highest BCUT2D eigenvalue weighted by molar-refractivity contribution is 7.15.